The largest absolute Gasteiger partial charge is 0.312 e. The minimum atomic E-state index is -3.22. The van der Waals surface area contributed by atoms with Crippen LogP contribution in [-0.2, 0) is 10.0 Å². The number of rotatable bonds is 8. The summed E-state index contributed by atoms with van der Waals surface area (Å²) in [5.41, 5.74) is 0.682. The van der Waals surface area contributed by atoms with Crippen LogP contribution in [0.15, 0.2) is 18.2 Å². The van der Waals surface area contributed by atoms with Crippen LogP contribution in [0.3, 0.4) is 0 Å². The standard InChI is InChI=1S/C26H39F2N5O2S/c1-18(2)26-30-29-19(3)33(26)24-7-10-31(11-8-24)12-9-25(21-15-22(27)17-23(28)16-21)20-5-13-32(14-6-20)36(4,34)35/h15-18,20,24-25H,5-14H2,1-4H3/t25-/m1/s1. The van der Waals surface area contributed by atoms with Crippen molar-refractivity contribution in [2.75, 3.05) is 39.0 Å². The lowest BCUT2D eigenvalue weighted by Crippen LogP contribution is -2.40. The van der Waals surface area contributed by atoms with Gasteiger partial charge in [0.05, 0.1) is 6.26 Å². The van der Waals surface area contributed by atoms with Crippen molar-refractivity contribution in [3.63, 3.8) is 0 Å². The van der Waals surface area contributed by atoms with Gasteiger partial charge >= 0.3 is 0 Å². The average molecular weight is 524 g/mol. The number of hydrogen-bond acceptors (Lipinski definition) is 5. The van der Waals surface area contributed by atoms with Crippen molar-refractivity contribution in [1.82, 2.24) is 24.0 Å². The number of benzene rings is 1. The molecule has 0 unspecified atom stereocenters. The normalized spacial score (nSPS) is 20.3. The lowest BCUT2D eigenvalue weighted by atomic mass is 9.78. The second-order valence-corrected chi connectivity index (χ2v) is 12.8. The quantitative estimate of drug-likeness (QED) is 0.511. The molecule has 2 aliphatic heterocycles. The Labute approximate surface area is 213 Å². The number of aromatic nitrogens is 3. The summed E-state index contributed by atoms with van der Waals surface area (Å²) in [4.78, 5) is 2.44. The van der Waals surface area contributed by atoms with Gasteiger partial charge in [-0.2, -0.15) is 0 Å². The van der Waals surface area contributed by atoms with E-state index >= 15 is 0 Å². The fraction of sp³-hybridized carbons (Fsp3) is 0.692. The van der Waals surface area contributed by atoms with E-state index in [0.29, 0.717) is 43.5 Å². The highest BCUT2D eigenvalue weighted by atomic mass is 32.2. The molecule has 36 heavy (non-hydrogen) atoms. The lowest BCUT2D eigenvalue weighted by molar-refractivity contribution is 0.165. The smallest absolute Gasteiger partial charge is 0.211 e. The van der Waals surface area contributed by atoms with Gasteiger partial charge in [0.25, 0.3) is 0 Å². The molecule has 0 N–H and O–H groups in total. The van der Waals surface area contributed by atoms with E-state index in [1.165, 1.54) is 22.7 Å². The second-order valence-electron chi connectivity index (χ2n) is 10.8. The molecule has 7 nitrogen and oxygen atoms in total. The Morgan fingerprint density at radius 1 is 0.972 bits per heavy atom. The van der Waals surface area contributed by atoms with Crippen LogP contribution in [0.25, 0.3) is 0 Å². The van der Waals surface area contributed by atoms with Gasteiger partial charge in [-0.15, -0.1) is 10.2 Å². The first kappa shape index (κ1) is 27.1. The van der Waals surface area contributed by atoms with Crippen molar-refractivity contribution < 1.29 is 17.2 Å². The zero-order chi connectivity index (χ0) is 26.0. The van der Waals surface area contributed by atoms with Gasteiger partial charge in [0, 0.05) is 44.2 Å². The fourth-order valence-electron chi connectivity index (χ4n) is 6.03. The summed E-state index contributed by atoms with van der Waals surface area (Å²) in [6.07, 6.45) is 5.46. The van der Waals surface area contributed by atoms with E-state index in [-0.39, 0.29) is 11.8 Å². The number of hydrogen-bond donors (Lipinski definition) is 0. The van der Waals surface area contributed by atoms with Gasteiger partial charge in [-0.1, -0.05) is 13.8 Å². The molecule has 2 aromatic rings. The van der Waals surface area contributed by atoms with Gasteiger partial charge in [-0.3, -0.25) is 0 Å². The monoisotopic (exact) mass is 523 g/mol. The van der Waals surface area contributed by atoms with Crippen LogP contribution in [0.1, 0.15) is 81.0 Å². The fourth-order valence-corrected chi connectivity index (χ4v) is 6.90. The van der Waals surface area contributed by atoms with Crippen LogP contribution >= 0.6 is 0 Å². The average Bonchev–Trinajstić information content (AvgIpc) is 3.20. The number of aryl methyl sites for hydroxylation is 1. The van der Waals surface area contributed by atoms with Gasteiger partial charge in [-0.05, 0) is 75.1 Å². The first-order valence-electron chi connectivity index (χ1n) is 13.1. The van der Waals surface area contributed by atoms with E-state index in [0.717, 1.165) is 56.6 Å². The molecule has 0 amide bonds. The van der Waals surface area contributed by atoms with Gasteiger partial charge in [0.15, 0.2) is 0 Å². The molecule has 1 aromatic carbocycles. The molecule has 2 saturated heterocycles. The molecular formula is C26H39F2N5O2S. The molecule has 0 bridgehead atoms. The Bertz CT molecular complexity index is 1120. The van der Waals surface area contributed by atoms with E-state index < -0.39 is 21.7 Å². The predicted molar refractivity (Wildman–Crippen MR) is 136 cm³/mol. The third-order valence-corrected chi connectivity index (χ3v) is 9.24. The zero-order valence-corrected chi connectivity index (χ0v) is 22.6. The summed E-state index contributed by atoms with van der Waals surface area (Å²) in [6.45, 7) is 9.98. The Hall–Kier alpha value is -1.91. The maximum absolute atomic E-state index is 14.1. The van der Waals surface area contributed by atoms with Crippen LogP contribution < -0.4 is 0 Å². The Morgan fingerprint density at radius 3 is 2.14 bits per heavy atom. The summed E-state index contributed by atoms with van der Waals surface area (Å²) in [7, 11) is -3.22. The highest BCUT2D eigenvalue weighted by Crippen LogP contribution is 2.37. The molecule has 0 spiro atoms. The van der Waals surface area contributed by atoms with Crippen LogP contribution in [0, 0.1) is 24.5 Å². The molecule has 0 radical (unpaired) electrons. The maximum atomic E-state index is 14.1. The van der Waals surface area contributed by atoms with Crippen LogP contribution in [0.5, 0.6) is 0 Å². The van der Waals surface area contributed by atoms with Gasteiger partial charge < -0.3 is 9.47 Å². The molecule has 2 aliphatic rings. The minimum Gasteiger partial charge on any atom is -0.312 e. The van der Waals surface area contributed by atoms with Crippen molar-refractivity contribution in [2.24, 2.45) is 5.92 Å². The van der Waals surface area contributed by atoms with Crippen molar-refractivity contribution in [3.05, 3.63) is 47.0 Å². The molecular weight excluding hydrogens is 484 g/mol. The summed E-state index contributed by atoms with van der Waals surface area (Å²) < 4.78 is 56.0. The van der Waals surface area contributed by atoms with Crippen LogP contribution in [0.4, 0.5) is 8.78 Å². The molecule has 1 atom stereocenters. The number of sulfonamides is 1. The third-order valence-electron chi connectivity index (χ3n) is 7.94. The van der Waals surface area contributed by atoms with E-state index in [4.69, 9.17) is 0 Å². The summed E-state index contributed by atoms with van der Waals surface area (Å²) in [6, 6.07) is 4.20. The highest BCUT2D eigenvalue weighted by molar-refractivity contribution is 7.88. The van der Waals surface area contributed by atoms with Crippen LogP contribution in [-0.4, -0.2) is 71.4 Å². The zero-order valence-electron chi connectivity index (χ0n) is 21.8. The molecule has 0 aliphatic carbocycles. The maximum Gasteiger partial charge on any atom is 0.211 e. The molecule has 200 valence electrons. The summed E-state index contributed by atoms with van der Waals surface area (Å²) in [5.74, 6) is 1.39. The topological polar surface area (TPSA) is 71.3 Å². The molecule has 0 saturated carbocycles. The Kier molecular flexibility index (Phi) is 8.46. The molecule has 2 fully saturated rings. The Morgan fingerprint density at radius 2 is 1.58 bits per heavy atom. The van der Waals surface area contributed by atoms with E-state index in [9.17, 15) is 17.2 Å². The number of piperidine rings is 2. The molecule has 4 rings (SSSR count). The van der Waals surface area contributed by atoms with E-state index in [1.807, 2.05) is 6.92 Å². The third kappa shape index (κ3) is 6.31. The van der Waals surface area contributed by atoms with Crippen molar-refractivity contribution in [1.29, 1.82) is 0 Å². The van der Waals surface area contributed by atoms with E-state index in [1.54, 1.807) is 0 Å². The minimum absolute atomic E-state index is 0.0118. The van der Waals surface area contributed by atoms with Crippen molar-refractivity contribution in [3.8, 4) is 0 Å². The van der Waals surface area contributed by atoms with Gasteiger partial charge in [0.1, 0.15) is 23.3 Å². The van der Waals surface area contributed by atoms with Crippen molar-refractivity contribution in [2.45, 2.75) is 70.8 Å². The van der Waals surface area contributed by atoms with Crippen molar-refractivity contribution >= 4 is 10.0 Å². The second kappa shape index (κ2) is 11.2. The SMILES string of the molecule is Cc1nnc(C(C)C)n1C1CCN(CC[C@@H](c2cc(F)cc(F)c2)C2CCN(S(C)(=O)=O)CC2)CC1. The predicted octanol–water partition coefficient (Wildman–Crippen LogP) is 4.47. The van der Waals surface area contributed by atoms with E-state index in [2.05, 4.69) is 33.5 Å². The number of likely N-dealkylation sites (tertiary alicyclic amines) is 1. The highest BCUT2D eigenvalue weighted by Gasteiger charge is 2.32. The van der Waals surface area contributed by atoms with Gasteiger partial charge in [0.2, 0.25) is 10.0 Å². The first-order valence-corrected chi connectivity index (χ1v) is 14.9. The summed E-state index contributed by atoms with van der Waals surface area (Å²) >= 11 is 0. The number of nitrogens with zero attached hydrogens (tertiary/aromatic N) is 5. The molecule has 1 aromatic heterocycles. The first-order chi connectivity index (χ1) is 17.0. The van der Waals surface area contributed by atoms with Gasteiger partial charge in [-0.25, -0.2) is 21.5 Å². The lowest BCUT2D eigenvalue weighted by Gasteiger charge is -2.38. The number of halogens is 2. The summed E-state index contributed by atoms with van der Waals surface area (Å²) in [5, 5.41) is 8.69. The molecule has 10 heteroatoms. The Balaban J connectivity index is 1.41. The van der Waals surface area contributed by atoms with Crippen LogP contribution in [0.2, 0.25) is 0 Å². The molecule has 3 heterocycles.